The SMILES string of the molecule is CC(C)c1ccc(C=CC(=O)OCC(=O)NC(=O)NCc2ccco2)cc1. The van der Waals surface area contributed by atoms with Gasteiger partial charge in [-0.25, -0.2) is 9.59 Å². The molecule has 7 heteroatoms. The van der Waals surface area contributed by atoms with Crippen LogP contribution < -0.4 is 10.6 Å². The Bertz CT molecular complexity index is 792. The molecule has 0 bridgehead atoms. The van der Waals surface area contributed by atoms with Crippen LogP contribution in [-0.4, -0.2) is 24.5 Å². The van der Waals surface area contributed by atoms with Crippen LogP contribution in [0.25, 0.3) is 6.08 Å². The summed E-state index contributed by atoms with van der Waals surface area (Å²) in [5.41, 5.74) is 2.05. The fraction of sp³-hybridized carbons (Fsp3) is 0.250. The number of imide groups is 1. The first-order valence-corrected chi connectivity index (χ1v) is 8.49. The molecule has 3 amide bonds. The second kappa shape index (κ2) is 9.96. The maximum absolute atomic E-state index is 11.7. The lowest BCUT2D eigenvalue weighted by Crippen LogP contribution is -2.41. The molecule has 0 unspecified atom stereocenters. The van der Waals surface area contributed by atoms with Crippen LogP contribution in [-0.2, 0) is 20.9 Å². The number of hydrogen-bond donors (Lipinski definition) is 2. The van der Waals surface area contributed by atoms with E-state index in [1.165, 1.54) is 17.9 Å². The third-order valence-corrected chi connectivity index (χ3v) is 3.62. The van der Waals surface area contributed by atoms with Gasteiger partial charge in [-0.1, -0.05) is 38.1 Å². The van der Waals surface area contributed by atoms with Crippen LogP contribution >= 0.6 is 0 Å². The highest BCUT2D eigenvalue weighted by Gasteiger charge is 2.10. The molecule has 27 heavy (non-hydrogen) atoms. The monoisotopic (exact) mass is 370 g/mol. The number of carbonyl (C=O) groups is 3. The molecule has 0 aliphatic heterocycles. The molecule has 2 aromatic rings. The van der Waals surface area contributed by atoms with E-state index < -0.39 is 24.5 Å². The lowest BCUT2D eigenvalue weighted by atomic mass is 10.0. The number of hydrogen-bond acceptors (Lipinski definition) is 5. The van der Waals surface area contributed by atoms with Gasteiger partial charge >= 0.3 is 12.0 Å². The Hall–Kier alpha value is -3.35. The predicted molar refractivity (Wildman–Crippen MR) is 99.6 cm³/mol. The van der Waals surface area contributed by atoms with Crippen molar-refractivity contribution in [3.8, 4) is 0 Å². The van der Waals surface area contributed by atoms with Gasteiger partial charge in [-0.15, -0.1) is 0 Å². The summed E-state index contributed by atoms with van der Waals surface area (Å²) in [7, 11) is 0. The number of nitrogens with one attached hydrogen (secondary N) is 2. The van der Waals surface area contributed by atoms with E-state index in [4.69, 9.17) is 9.15 Å². The summed E-state index contributed by atoms with van der Waals surface area (Å²) in [5, 5.41) is 4.50. The molecule has 1 heterocycles. The summed E-state index contributed by atoms with van der Waals surface area (Å²) in [5.74, 6) is -0.414. The van der Waals surface area contributed by atoms with E-state index in [0.717, 1.165) is 5.56 Å². The molecule has 0 saturated heterocycles. The largest absolute Gasteiger partial charge is 0.467 e. The normalized spacial score (nSPS) is 10.8. The molecule has 0 spiro atoms. The van der Waals surface area contributed by atoms with E-state index in [2.05, 4.69) is 24.5 Å². The summed E-state index contributed by atoms with van der Waals surface area (Å²) in [6.45, 7) is 3.79. The third kappa shape index (κ3) is 7.19. The number of rotatable bonds is 7. The first kappa shape index (κ1) is 20.0. The Morgan fingerprint density at radius 3 is 2.52 bits per heavy atom. The fourth-order valence-electron chi connectivity index (χ4n) is 2.13. The van der Waals surface area contributed by atoms with Gasteiger partial charge in [-0.3, -0.25) is 10.1 Å². The van der Waals surface area contributed by atoms with E-state index >= 15 is 0 Å². The molecule has 0 saturated carbocycles. The first-order valence-electron chi connectivity index (χ1n) is 8.49. The predicted octanol–water partition coefficient (Wildman–Crippen LogP) is 2.99. The summed E-state index contributed by atoms with van der Waals surface area (Å²) in [6, 6.07) is 10.4. The smallest absolute Gasteiger partial charge is 0.331 e. The van der Waals surface area contributed by atoms with Crippen LogP contribution in [0.5, 0.6) is 0 Å². The van der Waals surface area contributed by atoms with Gasteiger partial charge < -0.3 is 14.5 Å². The van der Waals surface area contributed by atoms with Crippen molar-refractivity contribution in [1.82, 2.24) is 10.6 Å². The van der Waals surface area contributed by atoms with E-state index in [1.54, 1.807) is 18.2 Å². The Balaban J connectivity index is 1.69. The molecule has 0 fully saturated rings. The number of amides is 3. The second-order valence-electron chi connectivity index (χ2n) is 6.07. The maximum Gasteiger partial charge on any atom is 0.331 e. The molecule has 1 aromatic carbocycles. The zero-order valence-corrected chi connectivity index (χ0v) is 15.2. The van der Waals surface area contributed by atoms with Gasteiger partial charge in [-0.05, 0) is 35.3 Å². The van der Waals surface area contributed by atoms with E-state index in [9.17, 15) is 14.4 Å². The van der Waals surface area contributed by atoms with Gasteiger partial charge in [0.05, 0.1) is 12.8 Å². The molecule has 1 aromatic heterocycles. The molecule has 0 aliphatic rings. The minimum atomic E-state index is -0.727. The summed E-state index contributed by atoms with van der Waals surface area (Å²) < 4.78 is 9.85. The first-order chi connectivity index (χ1) is 12.9. The fourth-order valence-corrected chi connectivity index (χ4v) is 2.13. The molecular formula is C20H22N2O5. The van der Waals surface area contributed by atoms with Crippen LogP contribution in [0.3, 0.4) is 0 Å². The minimum absolute atomic E-state index is 0.143. The van der Waals surface area contributed by atoms with Crippen molar-refractivity contribution in [2.75, 3.05) is 6.61 Å². The van der Waals surface area contributed by atoms with Gasteiger partial charge in [-0.2, -0.15) is 0 Å². The van der Waals surface area contributed by atoms with Crippen LogP contribution in [0.4, 0.5) is 4.79 Å². The van der Waals surface area contributed by atoms with Crippen molar-refractivity contribution in [2.45, 2.75) is 26.3 Å². The molecule has 2 rings (SSSR count). The van der Waals surface area contributed by atoms with Crippen molar-refractivity contribution >= 4 is 24.0 Å². The molecule has 0 radical (unpaired) electrons. The van der Waals surface area contributed by atoms with Crippen LogP contribution in [0.15, 0.2) is 53.2 Å². The zero-order valence-electron chi connectivity index (χ0n) is 15.2. The van der Waals surface area contributed by atoms with Crippen LogP contribution in [0, 0.1) is 0 Å². The minimum Gasteiger partial charge on any atom is -0.467 e. The Morgan fingerprint density at radius 2 is 1.89 bits per heavy atom. The molecule has 2 N–H and O–H groups in total. The van der Waals surface area contributed by atoms with E-state index in [0.29, 0.717) is 11.7 Å². The van der Waals surface area contributed by atoms with E-state index in [-0.39, 0.29) is 6.54 Å². The average molecular weight is 370 g/mol. The van der Waals surface area contributed by atoms with Gasteiger partial charge in [0.1, 0.15) is 5.76 Å². The average Bonchev–Trinajstić information content (AvgIpc) is 3.17. The molecule has 142 valence electrons. The number of carbonyl (C=O) groups excluding carboxylic acids is 3. The Labute approximate surface area is 157 Å². The maximum atomic E-state index is 11.7. The number of furan rings is 1. The van der Waals surface area contributed by atoms with Gasteiger partial charge in [0.25, 0.3) is 5.91 Å². The summed E-state index contributed by atoms with van der Waals surface area (Å²) >= 11 is 0. The molecule has 0 aliphatic carbocycles. The van der Waals surface area contributed by atoms with Gasteiger partial charge in [0, 0.05) is 6.08 Å². The third-order valence-electron chi connectivity index (χ3n) is 3.62. The highest BCUT2D eigenvalue weighted by atomic mass is 16.5. The summed E-state index contributed by atoms with van der Waals surface area (Å²) in [4.78, 5) is 34.8. The Kier molecular flexibility index (Phi) is 7.37. The zero-order chi connectivity index (χ0) is 19.6. The highest BCUT2D eigenvalue weighted by molar-refractivity contribution is 5.96. The van der Waals surface area contributed by atoms with Crippen molar-refractivity contribution in [3.63, 3.8) is 0 Å². The van der Waals surface area contributed by atoms with Crippen molar-refractivity contribution < 1.29 is 23.5 Å². The van der Waals surface area contributed by atoms with Crippen molar-refractivity contribution in [1.29, 1.82) is 0 Å². The topological polar surface area (TPSA) is 97.6 Å². The van der Waals surface area contributed by atoms with Crippen molar-refractivity contribution in [3.05, 3.63) is 65.6 Å². The standard InChI is InChI=1S/C20H22N2O5/c1-14(2)16-8-5-15(6-9-16)7-10-19(24)27-13-18(23)22-20(25)21-12-17-4-3-11-26-17/h3-11,14H,12-13H2,1-2H3,(H2,21,22,23,25). The highest BCUT2D eigenvalue weighted by Crippen LogP contribution is 2.15. The number of benzene rings is 1. The second-order valence-corrected chi connectivity index (χ2v) is 6.07. The van der Waals surface area contributed by atoms with Crippen molar-refractivity contribution in [2.24, 2.45) is 0 Å². The Morgan fingerprint density at radius 1 is 1.15 bits per heavy atom. The lowest BCUT2D eigenvalue weighted by Gasteiger charge is -2.06. The molecule has 7 nitrogen and oxygen atoms in total. The number of ether oxygens (including phenoxy) is 1. The number of esters is 1. The molecular weight excluding hydrogens is 348 g/mol. The summed E-state index contributed by atoms with van der Waals surface area (Å²) in [6.07, 6.45) is 4.31. The van der Waals surface area contributed by atoms with Crippen LogP contribution in [0.1, 0.15) is 36.7 Å². The van der Waals surface area contributed by atoms with E-state index in [1.807, 2.05) is 24.3 Å². The number of urea groups is 1. The van der Waals surface area contributed by atoms with Gasteiger partial charge in [0.2, 0.25) is 0 Å². The molecule has 0 atom stereocenters. The quantitative estimate of drug-likeness (QED) is 0.577. The van der Waals surface area contributed by atoms with Crippen LogP contribution in [0.2, 0.25) is 0 Å². The lowest BCUT2D eigenvalue weighted by molar-refractivity contribution is -0.143. The van der Waals surface area contributed by atoms with Gasteiger partial charge in [0.15, 0.2) is 6.61 Å².